The molecule has 0 radical (unpaired) electrons. The highest BCUT2D eigenvalue weighted by atomic mass is 35.5. The van der Waals surface area contributed by atoms with Crippen molar-refractivity contribution in [1.82, 2.24) is 4.98 Å². The summed E-state index contributed by atoms with van der Waals surface area (Å²) in [7, 11) is 0. The molecule has 0 unspecified atom stereocenters. The molecule has 0 aliphatic rings. The maximum absolute atomic E-state index is 11.1. The van der Waals surface area contributed by atoms with Crippen molar-refractivity contribution in [1.29, 1.82) is 0 Å². The summed E-state index contributed by atoms with van der Waals surface area (Å²) < 4.78 is 4.81. The Bertz CT molecular complexity index is 301. The van der Waals surface area contributed by atoms with Crippen LogP contribution in [0.1, 0.15) is 18.2 Å². The minimum absolute atomic E-state index is 0. The normalized spacial score (nSPS) is 9.20. The van der Waals surface area contributed by atoms with Crippen LogP contribution in [0.25, 0.3) is 0 Å². The average molecular weight is 250 g/mol. The molecule has 5 heteroatoms. The minimum atomic E-state index is -0.229. The van der Waals surface area contributed by atoms with Gasteiger partial charge < -0.3 is 4.74 Å². The molecule has 1 rings (SSSR count). The second-order valence-electron chi connectivity index (χ2n) is 2.77. The van der Waals surface area contributed by atoms with Crippen LogP contribution in [-0.4, -0.2) is 17.6 Å². The predicted octanol–water partition coefficient (Wildman–Crippen LogP) is 2.35. The molecule has 0 atom stereocenters. The molecule has 1 heterocycles. The Morgan fingerprint density at radius 1 is 1.53 bits per heavy atom. The van der Waals surface area contributed by atoms with Gasteiger partial charge >= 0.3 is 5.97 Å². The van der Waals surface area contributed by atoms with Crippen molar-refractivity contribution in [2.24, 2.45) is 0 Å². The van der Waals surface area contributed by atoms with Crippen LogP contribution >= 0.6 is 24.0 Å². The number of aromatic nitrogens is 1. The van der Waals surface area contributed by atoms with E-state index in [4.69, 9.17) is 16.3 Å². The molecule has 0 spiro atoms. The van der Waals surface area contributed by atoms with Crippen LogP contribution in [-0.2, 0) is 21.8 Å². The third-order valence-corrected chi connectivity index (χ3v) is 1.95. The fourth-order valence-corrected chi connectivity index (χ4v) is 1.18. The summed E-state index contributed by atoms with van der Waals surface area (Å²) in [6.45, 7) is 2.19. The molecule has 0 aliphatic carbocycles. The lowest BCUT2D eigenvalue weighted by atomic mass is 10.2. The molecule has 84 valence electrons. The number of alkyl halides is 1. The number of nitrogens with zero attached hydrogens (tertiary/aromatic N) is 1. The molecule has 0 saturated heterocycles. The van der Waals surface area contributed by atoms with Crippen LogP contribution in [0.15, 0.2) is 18.3 Å². The first-order chi connectivity index (χ1) is 6.76. The van der Waals surface area contributed by atoms with Crippen LogP contribution in [0.5, 0.6) is 0 Å². The molecular weight excluding hydrogens is 237 g/mol. The van der Waals surface area contributed by atoms with Gasteiger partial charge in [-0.2, -0.15) is 0 Å². The van der Waals surface area contributed by atoms with Crippen LogP contribution in [0.3, 0.4) is 0 Å². The highest BCUT2D eigenvalue weighted by Crippen LogP contribution is 2.04. The topological polar surface area (TPSA) is 39.2 Å². The zero-order chi connectivity index (χ0) is 10.4. The number of hydrogen-bond donors (Lipinski definition) is 0. The number of esters is 1. The van der Waals surface area contributed by atoms with Gasteiger partial charge in [-0.05, 0) is 18.6 Å². The van der Waals surface area contributed by atoms with Crippen LogP contribution < -0.4 is 0 Å². The summed E-state index contributed by atoms with van der Waals surface area (Å²) in [5.41, 5.74) is 1.65. The quantitative estimate of drug-likeness (QED) is 0.608. The van der Waals surface area contributed by atoms with Gasteiger partial charge in [0.05, 0.1) is 24.6 Å². The molecule has 0 aliphatic heterocycles. The Labute approximate surface area is 100 Å². The van der Waals surface area contributed by atoms with E-state index in [-0.39, 0.29) is 24.8 Å². The van der Waals surface area contributed by atoms with Crippen LogP contribution in [0.4, 0.5) is 0 Å². The van der Waals surface area contributed by atoms with E-state index in [0.29, 0.717) is 12.5 Å². The fourth-order valence-electron chi connectivity index (χ4n) is 1.02. The summed E-state index contributed by atoms with van der Waals surface area (Å²) in [6, 6.07) is 3.64. The third kappa shape index (κ3) is 5.00. The fraction of sp³-hybridized carbons (Fsp3) is 0.400. The van der Waals surface area contributed by atoms with Crippen molar-refractivity contribution in [3.05, 3.63) is 29.6 Å². The van der Waals surface area contributed by atoms with Gasteiger partial charge in [0.2, 0.25) is 0 Å². The number of carbonyl (C=O) groups excluding carboxylic acids is 1. The molecule has 0 N–H and O–H groups in total. The first-order valence-corrected chi connectivity index (χ1v) is 4.95. The minimum Gasteiger partial charge on any atom is -0.466 e. The first-order valence-electron chi connectivity index (χ1n) is 4.41. The van der Waals surface area contributed by atoms with E-state index in [2.05, 4.69) is 4.98 Å². The molecule has 0 fully saturated rings. The Morgan fingerprint density at radius 3 is 2.73 bits per heavy atom. The van der Waals surface area contributed by atoms with Gasteiger partial charge in [0.1, 0.15) is 0 Å². The first kappa shape index (κ1) is 14.2. The Hall–Kier alpha value is -0.800. The summed E-state index contributed by atoms with van der Waals surface area (Å²) in [4.78, 5) is 15.2. The summed E-state index contributed by atoms with van der Waals surface area (Å²) >= 11 is 5.58. The van der Waals surface area contributed by atoms with E-state index in [0.717, 1.165) is 11.3 Å². The average Bonchev–Trinajstić information content (AvgIpc) is 2.19. The zero-order valence-electron chi connectivity index (χ0n) is 8.40. The highest BCUT2D eigenvalue weighted by Gasteiger charge is 2.03. The van der Waals surface area contributed by atoms with Gasteiger partial charge in [-0.25, -0.2) is 0 Å². The van der Waals surface area contributed by atoms with Gasteiger partial charge in [-0.15, -0.1) is 24.0 Å². The molecule has 3 nitrogen and oxygen atoms in total. The summed E-state index contributed by atoms with van der Waals surface area (Å²) in [6.07, 6.45) is 1.91. The van der Waals surface area contributed by atoms with Gasteiger partial charge in [-0.1, -0.05) is 6.07 Å². The van der Waals surface area contributed by atoms with E-state index in [1.165, 1.54) is 0 Å². The van der Waals surface area contributed by atoms with E-state index < -0.39 is 0 Å². The second-order valence-corrected chi connectivity index (χ2v) is 3.04. The Morgan fingerprint density at radius 2 is 2.27 bits per heavy atom. The number of pyridine rings is 1. The van der Waals surface area contributed by atoms with Crippen LogP contribution in [0.2, 0.25) is 0 Å². The number of hydrogen-bond acceptors (Lipinski definition) is 3. The van der Waals surface area contributed by atoms with Gasteiger partial charge in [-0.3, -0.25) is 9.78 Å². The number of halogens is 2. The lowest BCUT2D eigenvalue weighted by Crippen LogP contribution is -2.07. The van der Waals surface area contributed by atoms with Crippen molar-refractivity contribution in [3.8, 4) is 0 Å². The number of rotatable bonds is 4. The van der Waals surface area contributed by atoms with Crippen molar-refractivity contribution in [2.45, 2.75) is 19.2 Å². The van der Waals surface area contributed by atoms with Crippen molar-refractivity contribution < 1.29 is 9.53 Å². The molecule has 0 amide bonds. The lowest BCUT2D eigenvalue weighted by Gasteiger charge is -2.01. The van der Waals surface area contributed by atoms with Gasteiger partial charge in [0.25, 0.3) is 0 Å². The Kier molecular flexibility index (Phi) is 7.09. The van der Waals surface area contributed by atoms with Gasteiger partial charge in [0, 0.05) is 6.20 Å². The molecular formula is C10H13Cl2NO2. The van der Waals surface area contributed by atoms with E-state index in [1.807, 2.05) is 12.1 Å². The third-order valence-electron chi connectivity index (χ3n) is 1.68. The molecule has 1 aromatic rings. The van der Waals surface area contributed by atoms with E-state index >= 15 is 0 Å². The monoisotopic (exact) mass is 249 g/mol. The SMILES string of the molecule is CCOC(=O)Cc1ccc(CCl)nc1.Cl. The Balaban J connectivity index is 0.00000196. The molecule has 0 bridgehead atoms. The lowest BCUT2D eigenvalue weighted by molar-refractivity contribution is -0.142. The standard InChI is InChI=1S/C10H12ClNO2.ClH/c1-2-14-10(13)5-8-3-4-9(6-11)12-7-8;/h3-4,7H,2,5-6H2,1H3;1H. The maximum Gasteiger partial charge on any atom is 0.310 e. The van der Waals surface area contributed by atoms with Gasteiger partial charge in [0.15, 0.2) is 0 Å². The summed E-state index contributed by atoms with van der Waals surface area (Å²) in [5, 5.41) is 0. The molecule has 1 aromatic heterocycles. The molecule has 15 heavy (non-hydrogen) atoms. The summed E-state index contributed by atoms with van der Waals surface area (Å²) in [5.74, 6) is 0.160. The van der Waals surface area contributed by atoms with Crippen LogP contribution in [0, 0.1) is 0 Å². The van der Waals surface area contributed by atoms with Crippen molar-refractivity contribution in [2.75, 3.05) is 6.61 Å². The zero-order valence-corrected chi connectivity index (χ0v) is 9.98. The van der Waals surface area contributed by atoms with Crippen molar-refractivity contribution >= 4 is 30.0 Å². The largest absolute Gasteiger partial charge is 0.466 e. The van der Waals surface area contributed by atoms with Crippen molar-refractivity contribution in [3.63, 3.8) is 0 Å². The number of ether oxygens (including phenoxy) is 1. The molecule has 0 aromatic carbocycles. The van der Waals surface area contributed by atoms with E-state index in [1.54, 1.807) is 13.1 Å². The molecule has 0 saturated carbocycles. The predicted molar refractivity (Wildman–Crippen MR) is 61.4 cm³/mol. The maximum atomic E-state index is 11.1. The second kappa shape index (κ2) is 7.49. The smallest absolute Gasteiger partial charge is 0.310 e. The van der Waals surface area contributed by atoms with E-state index in [9.17, 15) is 4.79 Å². The highest BCUT2D eigenvalue weighted by molar-refractivity contribution is 6.16. The number of carbonyl (C=O) groups is 1.